The lowest BCUT2D eigenvalue weighted by Crippen LogP contribution is -2.27. The fourth-order valence-corrected chi connectivity index (χ4v) is 3.23. The van der Waals surface area contributed by atoms with Crippen molar-refractivity contribution in [2.75, 3.05) is 26.7 Å². The number of benzene rings is 1. The summed E-state index contributed by atoms with van der Waals surface area (Å²) in [6.07, 6.45) is 7.89. The molecule has 0 radical (unpaired) electrons. The summed E-state index contributed by atoms with van der Waals surface area (Å²) in [5.41, 5.74) is 2.14. The molecule has 0 spiro atoms. The number of hydrogen-bond donors (Lipinski definition) is 0. The third-order valence-corrected chi connectivity index (χ3v) is 4.59. The van der Waals surface area contributed by atoms with E-state index in [-0.39, 0.29) is 5.91 Å². The number of carbonyl (C=O) groups is 1. The number of aromatic nitrogens is 2. The van der Waals surface area contributed by atoms with E-state index in [9.17, 15) is 4.79 Å². The summed E-state index contributed by atoms with van der Waals surface area (Å²) in [5.74, 6) is 0.221. The van der Waals surface area contributed by atoms with Crippen molar-refractivity contribution in [2.45, 2.75) is 32.2 Å². The molecule has 0 atom stereocenters. The van der Waals surface area contributed by atoms with Crippen LogP contribution >= 0.6 is 0 Å². The van der Waals surface area contributed by atoms with Gasteiger partial charge in [0.25, 0.3) is 0 Å². The highest BCUT2D eigenvalue weighted by atomic mass is 16.2. The maximum atomic E-state index is 12.3. The maximum absolute atomic E-state index is 12.3. The van der Waals surface area contributed by atoms with Gasteiger partial charge in [-0.3, -0.25) is 4.79 Å². The van der Waals surface area contributed by atoms with Crippen LogP contribution in [0.1, 0.15) is 31.2 Å². The Morgan fingerprint density at radius 1 is 1.25 bits per heavy atom. The Balaban J connectivity index is 1.49. The number of hydrogen-bond acceptors (Lipinski definition) is 3. The van der Waals surface area contributed by atoms with Gasteiger partial charge in [0, 0.05) is 32.4 Å². The predicted octanol–water partition coefficient (Wildman–Crippen LogP) is 2.71. The molecule has 128 valence electrons. The summed E-state index contributed by atoms with van der Waals surface area (Å²) in [6.45, 7) is 4.08. The van der Waals surface area contributed by atoms with Gasteiger partial charge in [-0.1, -0.05) is 12.1 Å². The normalized spacial score (nSPS) is 14.9. The van der Waals surface area contributed by atoms with Crippen LogP contribution in [0.3, 0.4) is 0 Å². The first-order chi connectivity index (χ1) is 11.7. The van der Waals surface area contributed by atoms with E-state index >= 15 is 0 Å². The van der Waals surface area contributed by atoms with Crippen molar-refractivity contribution >= 4 is 5.91 Å². The van der Waals surface area contributed by atoms with Gasteiger partial charge in [0.1, 0.15) is 0 Å². The van der Waals surface area contributed by atoms with Gasteiger partial charge in [-0.05, 0) is 62.7 Å². The standard InChI is InChI=1S/C19H26N4O/c1-21(19(24)9-5-13-22-11-2-3-12-22)16-17-7-4-8-18(15-17)23-14-6-10-20-23/h4,6-8,10,14-15H,2-3,5,9,11-13,16H2,1H3. The van der Waals surface area contributed by atoms with E-state index < -0.39 is 0 Å². The lowest BCUT2D eigenvalue weighted by Gasteiger charge is -2.19. The van der Waals surface area contributed by atoms with Crippen molar-refractivity contribution in [2.24, 2.45) is 0 Å². The average molecular weight is 326 g/mol. The zero-order valence-corrected chi connectivity index (χ0v) is 14.4. The molecule has 1 aromatic heterocycles. The minimum atomic E-state index is 0.221. The quantitative estimate of drug-likeness (QED) is 0.785. The largest absolute Gasteiger partial charge is 0.341 e. The molecular formula is C19H26N4O. The summed E-state index contributed by atoms with van der Waals surface area (Å²) >= 11 is 0. The Bertz CT molecular complexity index is 647. The Kier molecular flexibility index (Phi) is 5.64. The molecule has 1 aliphatic rings. The second kappa shape index (κ2) is 8.11. The zero-order chi connectivity index (χ0) is 16.8. The van der Waals surface area contributed by atoms with Gasteiger partial charge in [-0.15, -0.1) is 0 Å². The number of likely N-dealkylation sites (tertiary alicyclic amines) is 1. The van der Waals surface area contributed by atoms with Crippen molar-refractivity contribution in [3.05, 3.63) is 48.3 Å². The van der Waals surface area contributed by atoms with Gasteiger partial charge in [0.2, 0.25) is 5.91 Å². The molecule has 1 saturated heterocycles. The average Bonchev–Trinajstić information content (AvgIpc) is 3.29. The molecule has 5 nitrogen and oxygen atoms in total. The van der Waals surface area contributed by atoms with Gasteiger partial charge in [0.05, 0.1) is 5.69 Å². The molecule has 1 fully saturated rings. The van der Waals surface area contributed by atoms with E-state index in [1.807, 2.05) is 41.0 Å². The minimum Gasteiger partial charge on any atom is -0.341 e. The number of rotatable bonds is 7. The van der Waals surface area contributed by atoms with E-state index in [4.69, 9.17) is 0 Å². The SMILES string of the molecule is CN(Cc1cccc(-n2cccn2)c1)C(=O)CCCN1CCCC1. The first kappa shape index (κ1) is 16.7. The molecule has 0 bridgehead atoms. The lowest BCUT2D eigenvalue weighted by atomic mass is 10.2. The van der Waals surface area contributed by atoms with Crippen LogP contribution in [0.5, 0.6) is 0 Å². The van der Waals surface area contributed by atoms with E-state index in [0.29, 0.717) is 13.0 Å². The number of amides is 1. The molecule has 0 saturated carbocycles. The lowest BCUT2D eigenvalue weighted by molar-refractivity contribution is -0.130. The van der Waals surface area contributed by atoms with Crippen molar-refractivity contribution in [1.82, 2.24) is 19.6 Å². The van der Waals surface area contributed by atoms with Crippen LogP contribution in [0.4, 0.5) is 0 Å². The van der Waals surface area contributed by atoms with Crippen LogP contribution in [0, 0.1) is 0 Å². The number of carbonyl (C=O) groups excluding carboxylic acids is 1. The Labute approximate surface area is 143 Å². The summed E-state index contributed by atoms with van der Waals surface area (Å²) < 4.78 is 1.83. The monoisotopic (exact) mass is 326 g/mol. The molecule has 1 amide bonds. The molecule has 0 aliphatic carbocycles. The van der Waals surface area contributed by atoms with Crippen molar-refractivity contribution in [3.63, 3.8) is 0 Å². The summed E-state index contributed by atoms with van der Waals surface area (Å²) in [7, 11) is 1.89. The van der Waals surface area contributed by atoms with Crippen molar-refractivity contribution < 1.29 is 4.79 Å². The zero-order valence-electron chi connectivity index (χ0n) is 14.4. The van der Waals surface area contributed by atoms with Gasteiger partial charge in [0.15, 0.2) is 0 Å². The van der Waals surface area contributed by atoms with Gasteiger partial charge >= 0.3 is 0 Å². The second-order valence-electron chi connectivity index (χ2n) is 6.52. The predicted molar refractivity (Wildman–Crippen MR) is 94.9 cm³/mol. The Morgan fingerprint density at radius 3 is 2.83 bits per heavy atom. The van der Waals surface area contributed by atoms with Crippen LogP contribution in [0.2, 0.25) is 0 Å². The fraction of sp³-hybridized carbons (Fsp3) is 0.474. The van der Waals surface area contributed by atoms with Gasteiger partial charge in [-0.25, -0.2) is 4.68 Å². The highest BCUT2D eigenvalue weighted by Gasteiger charge is 2.13. The first-order valence-electron chi connectivity index (χ1n) is 8.78. The third-order valence-electron chi connectivity index (χ3n) is 4.59. The Morgan fingerprint density at radius 2 is 2.08 bits per heavy atom. The minimum absolute atomic E-state index is 0.221. The molecule has 0 unspecified atom stereocenters. The van der Waals surface area contributed by atoms with E-state index in [0.717, 1.165) is 24.2 Å². The molecule has 2 heterocycles. The van der Waals surface area contributed by atoms with Crippen LogP contribution in [0.25, 0.3) is 5.69 Å². The molecule has 2 aromatic rings. The Hall–Kier alpha value is -2.14. The topological polar surface area (TPSA) is 41.4 Å². The summed E-state index contributed by atoms with van der Waals surface area (Å²) in [4.78, 5) is 16.6. The van der Waals surface area contributed by atoms with E-state index in [1.165, 1.54) is 25.9 Å². The van der Waals surface area contributed by atoms with Crippen LogP contribution in [-0.2, 0) is 11.3 Å². The molecule has 1 aliphatic heterocycles. The maximum Gasteiger partial charge on any atom is 0.222 e. The van der Waals surface area contributed by atoms with Gasteiger partial charge in [-0.2, -0.15) is 5.10 Å². The van der Waals surface area contributed by atoms with Crippen molar-refractivity contribution in [3.8, 4) is 5.69 Å². The molecule has 0 N–H and O–H groups in total. The highest BCUT2D eigenvalue weighted by molar-refractivity contribution is 5.75. The molecule has 5 heteroatoms. The van der Waals surface area contributed by atoms with E-state index in [1.54, 1.807) is 6.20 Å². The molecule has 1 aromatic carbocycles. The first-order valence-corrected chi connectivity index (χ1v) is 8.78. The van der Waals surface area contributed by atoms with Crippen LogP contribution in [0.15, 0.2) is 42.7 Å². The van der Waals surface area contributed by atoms with E-state index in [2.05, 4.69) is 22.1 Å². The van der Waals surface area contributed by atoms with Gasteiger partial charge < -0.3 is 9.80 Å². The fourth-order valence-electron chi connectivity index (χ4n) is 3.23. The van der Waals surface area contributed by atoms with Crippen molar-refractivity contribution in [1.29, 1.82) is 0 Å². The number of nitrogens with zero attached hydrogens (tertiary/aromatic N) is 4. The van der Waals surface area contributed by atoms with Crippen LogP contribution < -0.4 is 0 Å². The van der Waals surface area contributed by atoms with Crippen LogP contribution in [-0.4, -0.2) is 52.2 Å². The summed E-state index contributed by atoms with van der Waals surface area (Å²) in [5, 5.41) is 4.25. The summed E-state index contributed by atoms with van der Waals surface area (Å²) in [6, 6.07) is 10.1. The third kappa shape index (κ3) is 4.45. The molecular weight excluding hydrogens is 300 g/mol. The second-order valence-corrected chi connectivity index (χ2v) is 6.52. The smallest absolute Gasteiger partial charge is 0.222 e. The molecule has 3 rings (SSSR count). The highest BCUT2D eigenvalue weighted by Crippen LogP contribution is 2.13. The molecule has 24 heavy (non-hydrogen) atoms.